The normalized spacial score (nSPS) is 11.0. The molecule has 6 heteroatoms. The largest absolute Gasteiger partial charge is 0.417 e. The zero-order valence-electron chi connectivity index (χ0n) is 6.06. The summed E-state index contributed by atoms with van der Waals surface area (Å²) < 4.78 is 36.1. The molecule has 0 aliphatic heterocycles. The third-order valence-corrected chi connectivity index (χ3v) is 1.59. The van der Waals surface area contributed by atoms with Crippen molar-refractivity contribution in [2.24, 2.45) is 0 Å². The van der Waals surface area contributed by atoms with Crippen LogP contribution < -0.4 is 0 Å². The van der Waals surface area contributed by atoms with Crippen LogP contribution in [0.2, 0.25) is 5.15 Å². The van der Waals surface area contributed by atoms with Crippen molar-refractivity contribution in [2.75, 3.05) is 0 Å². The zero-order valence-corrected chi connectivity index (χ0v) is 6.82. The van der Waals surface area contributed by atoms with Crippen molar-refractivity contribution in [1.82, 2.24) is 4.98 Å². The van der Waals surface area contributed by atoms with E-state index in [1.165, 1.54) is 6.07 Å². The minimum absolute atomic E-state index is 0.226. The summed E-state index contributed by atoms with van der Waals surface area (Å²) in [5.74, 6) is 0. The fourth-order valence-corrected chi connectivity index (χ4v) is 0.827. The van der Waals surface area contributed by atoms with Gasteiger partial charge in [-0.05, 0) is 6.07 Å². The van der Waals surface area contributed by atoms with Crippen LogP contribution in [0.25, 0.3) is 0 Å². The second-order valence-electron chi connectivity index (χ2n) is 2.17. The lowest BCUT2D eigenvalue weighted by atomic mass is 10.2. The second kappa shape index (κ2) is 3.23. The van der Waals surface area contributed by atoms with Crippen LogP contribution in [0, 0.1) is 11.3 Å². The molecule has 0 N–H and O–H groups in total. The molecule has 0 amide bonds. The van der Waals surface area contributed by atoms with Crippen LogP contribution in [0.4, 0.5) is 13.2 Å². The molecule has 0 spiro atoms. The van der Waals surface area contributed by atoms with Crippen LogP contribution in [-0.2, 0) is 6.18 Å². The molecule has 1 aromatic rings. The van der Waals surface area contributed by atoms with Crippen molar-refractivity contribution in [2.45, 2.75) is 6.18 Å². The highest BCUT2D eigenvalue weighted by molar-refractivity contribution is 6.30. The SMILES string of the molecule is N#Cc1cc(C(F)(F)F)cnc1Cl. The Morgan fingerprint density at radius 1 is 1.46 bits per heavy atom. The van der Waals surface area contributed by atoms with Crippen molar-refractivity contribution < 1.29 is 13.2 Å². The van der Waals surface area contributed by atoms with Gasteiger partial charge in [-0.1, -0.05) is 11.6 Å². The smallest absolute Gasteiger partial charge is 0.243 e. The third kappa shape index (κ3) is 2.10. The lowest BCUT2D eigenvalue weighted by Crippen LogP contribution is -2.06. The number of nitriles is 1. The summed E-state index contributed by atoms with van der Waals surface area (Å²) in [5.41, 5.74) is -1.26. The first kappa shape index (κ1) is 9.81. The molecule has 0 fully saturated rings. The van der Waals surface area contributed by atoms with E-state index in [4.69, 9.17) is 16.9 Å². The summed E-state index contributed by atoms with van der Waals surface area (Å²) in [7, 11) is 0. The molecule has 0 bridgehead atoms. The standard InChI is InChI=1S/C7H2ClF3N2/c8-6-4(2-12)1-5(3-13-6)7(9,10)11/h1,3H. The molecule has 0 aromatic carbocycles. The molecule has 0 saturated carbocycles. The van der Waals surface area contributed by atoms with Crippen LogP contribution in [-0.4, -0.2) is 4.98 Å². The number of aromatic nitrogens is 1. The molecule has 13 heavy (non-hydrogen) atoms. The molecule has 2 nitrogen and oxygen atoms in total. The topological polar surface area (TPSA) is 36.7 Å². The first-order valence-electron chi connectivity index (χ1n) is 3.08. The van der Waals surface area contributed by atoms with E-state index < -0.39 is 11.7 Å². The van der Waals surface area contributed by atoms with E-state index >= 15 is 0 Å². The molecule has 0 aliphatic carbocycles. The van der Waals surface area contributed by atoms with E-state index in [-0.39, 0.29) is 10.7 Å². The third-order valence-electron chi connectivity index (χ3n) is 1.29. The first-order chi connectivity index (χ1) is 5.95. The Labute approximate surface area is 76.6 Å². The van der Waals surface area contributed by atoms with Crippen molar-refractivity contribution in [3.8, 4) is 6.07 Å². The number of nitrogens with zero attached hydrogens (tertiary/aromatic N) is 2. The molecule has 1 aromatic heterocycles. The van der Waals surface area contributed by atoms with Gasteiger partial charge in [-0.15, -0.1) is 0 Å². The molecule has 68 valence electrons. The average molecular weight is 207 g/mol. The summed E-state index contributed by atoms with van der Waals surface area (Å²) in [6.07, 6.45) is -3.91. The van der Waals surface area contributed by atoms with Gasteiger partial charge in [-0.25, -0.2) is 4.98 Å². The van der Waals surface area contributed by atoms with Crippen LogP contribution in [0.3, 0.4) is 0 Å². The van der Waals surface area contributed by atoms with Gasteiger partial charge in [0, 0.05) is 6.20 Å². The molecule has 0 saturated heterocycles. The fraction of sp³-hybridized carbons (Fsp3) is 0.143. The average Bonchev–Trinajstić information content (AvgIpc) is 2.03. The van der Waals surface area contributed by atoms with Gasteiger partial charge < -0.3 is 0 Å². The summed E-state index contributed by atoms with van der Waals surface area (Å²) in [4.78, 5) is 3.24. The van der Waals surface area contributed by atoms with Gasteiger partial charge >= 0.3 is 6.18 Å². The maximum Gasteiger partial charge on any atom is 0.417 e. The van der Waals surface area contributed by atoms with Crippen LogP contribution in [0.1, 0.15) is 11.1 Å². The van der Waals surface area contributed by atoms with Gasteiger partial charge in [0.15, 0.2) is 0 Å². The van der Waals surface area contributed by atoms with Gasteiger partial charge in [0.05, 0.1) is 11.1 Å². The maximum absolute atomic E-state index is 12.0. The monoisotopic (exact) mass is 206 g/mol. The highest BCUT2D eigenvalue weighted by atomic mass is 35.5. The van der Waals surface area contributed by atoms with Crippen molar-refractivity contribution >= 4 is 11.6 Å². The zero-order chi connectivity index (χ0) is 10.1. The number of hydrogen-bond donors (Lipinski definition) is 0. The molecule has 0 unspecified atom stereocenters. The van der Waals surface area contributed by atoms with Crippen LogP contribution in [0.5, 0.6) is 0 Å². The summed E-state index contributed by atoms with van der Waals surface area (Å²) >= 11 is 5.35. The Balaban J connectivity index is 3.24. The fourth-order valence-electron chi connectivity index (χ4n) is 0.682. The van der Waals surface area contributed by atoms with Gasteiger partial charge in [-0.3, -0.25) is 0 Å². The van der Waals surface area contributed by atoms with Gasteiger partial charge in [0.25, 0.3) is 0 Å². The van der Waals surface area contributed by atoms with E-state index in [1.807, 2.05) is 0 Å². The van der Waals surface area contributed by atoms with E-state index in [9.17, 15) is 13.2 Å². The lowest BCUT2D eigenvalue weighted by molar-refractivity contribution is -0.137. The van der Waals surface area contributed by atoms with E-state index in [0.717, 1.165) is 0 Å². The Morgan fingerprint density at radius 2 is 2.08 bits per heavy atom. The summed E-state index contributed by atoms with van der Waals surface area (Å²) in [6.45, 7) is 0. The molecular weight excluding hydrogens is 205 g/mol. The second-order valence-corrected chi connectivity index (χ2v) is 2.53. The predicted molar refractivity (Wildman–Crippen MR) is 39.0 cm³/mol. The summed E-state index contributed by atoms with van der Waals surface area (Å²) in [6, 6.07) is 2.18. The highest BCUT2D eigenvalue weighted by Crippen LogP contribution is 2.30. The number of pyridine rings is 1. The number of hydrogen-bond acceptors (Lipinski definition) is 2. The number of halogens is 4. The van der Waals surface area contributed by atoms with Gasteiger partial charge in [0.1, 0.15) is 11.2 Å². The Bertz CT molecular complexity index is 367. The summed E-state index contributed by atoms with van der Waals surface area (Å²) in [5, 5.41) is 8.14. The molecule has 0 radical (unpaired) electrons. The minimum atomic E-state index is -4.50. The number of alkyl halides is 3. The van der Waals surface area contributed by atoms with Crippen molar-refractivity contribution in [3.63, 3.8) is 0 Å². The highest BCUT2D eigenvalue weighted by Gasteiger charge is 2.31. The van der Waals surface area contributed by atoms with Crippen LogP contribution in [0.15, 0.2) is 12.3 Å². The van der Waals surface area contributed by atoms with E-state index in [1.54, 1.807) is 0 Å². The van der Waals surface area contributed by atoms with Crippen molar-refractivity contribution in [3.05, 3.63) is 28.5 Å². The van der Waals surface area contributed by atoms with Crippen LogP contribution >= 0.6 is 11.6 Å². The lowest BCUT2D eigenvalue weighted by Gasteiger charge is -2.05. The predicted octanol–water partition coefficient (Wildman–Crippen LogP) is 2.63. The maximum atomic E-state index is 12.0. The quantitative estimate of drug-likeness (QED) is 0.612. The Hall–Kier alpha value is -1.28. The molecule has 0 aliphatic rings. The number of rotatable bonds is 0. The first-order valence-corrected chi connectivity index (χ1v) is 3.46. The van der Waals surface area contributed by atoms with Crippen molar-refractivity contribution in [1.29, 1.82) is 5.26 Å². The molecule has 1 rings (SSSR count). The van der Waals surface area contributed by atoms with Gasteiger partial charge in [-0.2, -0.15) is 18.4 Å². The van der Waals surface area contributed by atoms with E-state index in [2.05, 4.69) is 4.98 Å². The van der Waals surface area contributed by atoms with Gasteiger partial charge in [0.2, 0.25) is 0 Å². The molecule has 0 atom stereocenters. The Morgan fingerprint density at radius 3 is 2.54 bits per heavy atom. The molecular formula is C7H2ClF3N2. The minimum Gasteiger partial charge on any atom is -0.243 e. The molecule has 1 heterocycles. The van der Waals surface area contributed by atoms with E-state index in [0.29, 0.717) is 12.3 Å². The Kier molecular flexibility index (Phi) is 2.43.